The molecule has 0 aliphatic rings. The summed E-state index contributed by atoms with van der Waals surface area (Å²) < 4.78 is 5.66. The summed E-state index contributed by atoms with van der Waals surface area (Å²) in [5, 5.41) is 12.5. The molecule has 0 bridgehead atoms. The number of hydrogen-bond donors (Lipinski definition) is 2. The Morgan fingerprint density at radius 3 is 2.70 bits per heavy atom. The normalized spacial score (nSPS) is 13.8. The molecular formula is C16H25NO3. The van der Waals surface area contributed by atoms with Gasteiger partial charge in [-0.05, 0) is 50.4 Å². The minimum atomic E-state index is -0.829. The highest BCUT2D eigenvalue weighted by Gasteiger charge is 2.34. The van der Waals surface area contributed by atoms with E-state index in [4.69, 9.17) is 4.74 Å². The van der Waals surface area contributed by atoms with Crippen molar-refractivity contribution in [3.8, 4) is 5.75 Å². The summed E-state index contributed by atoms with van der Waals surface area (Å²) in [5.41, 5.74) is 0.327. The van der Waals surface area contributed by atoms with Crippen LogP contribution in [-0.4, -0.2) is 29.8 Å². The second-order valence-electron chi connectivity index (χ2n) is 5.04. The van der Waals surface area contributed by atoms with Gasteiger partial charge in [0.1, 0.15) is 11.3 Å². The molecule has 4 heteroatoms. The lowest BCUT2D eigenvalue weighted by Crippen LogP contribution is -2.51. The van der Waals surface area contributed by atoms with Crippen LogP contribution in [-0.2, 0) is 4.79 Å². The maximum Gasteiger partial charge on any atom is 0.323 e. The molecule has 1 aromatic carbocycles. The zero-order chi connectivity index (χ0) is 15.0. The standard InChI is InChI=1S/C16H25NO3/c1-4-16(15(18)19,17-5-2)10-7-11-20-14-9-6-8-13(3)12-14/h6,8-9,12,17H,4-5,7,10-11H2,1-3H3,(H,18,19). The van der Waals surface area contributed by atoms with E-state index in [1.807, 2.05) is 45.0 Å². The predicted octanol–water partition coefficient (Wildman–Crippen LogP) is 3.00. The fraction of sp³-hybridized carbons (Fsp3) is 0.562. The molecular weight excluding hydrogens is 254 g/mol. The third-order valence-corrected chi connectivity index (χ3v) is 3.53. The molecule has 112 valence electrons. The second kappa shape index (κ2) is 7.90. The third kappa shape index (κ3) is 4.53. The van der Waals surface area contributed by atoms with E-state index in [-0.39, 0.29) is 0 Å². The van der Waals surface area contributed by atoms with Crippen LogP contribution in [0.1, 0.15) is 38.7 Å². The lowest BCUT2D eigenvalue weighted by molar-refractivity contribution is -0.145. The van der Waals surface area contributed by atoms with Gasteiger partial charge in [-0.25, -0.2) is 0 Å². The fourth-order valence-electron chi connectivity index (χ4n) is 2.33. The second-order valence-corrected chi connectivity index (χ2v) is 5.04. The summed E-state index contributed by atoms with van der Waals surface area (Å²) in [7, 11) is 0. The highest BCUT2D eigenvalue weighted by molar-refractivity contribution is 5.78. The van der Waals surface area contributed by atoms with Gasteiger partial charge in [-0.1, -0.05) is 26.0 Å². The van der Waals surface area contributed by atoms with Crippen LogP contribution in [0.3, 0.4) is 0 Å². The molecule has 20 heavy (non-hydrogen) atoms. The van der Waals surface area contributed by atoms with Gasteiger partial charge in [0.25, 0.3) is 0 Å². The molecule has 1 rings (SSSR count). The number of aryl methyl sites for hydroxylation is 1. The third-order valence-electron chi connectivity index (χ3n) is 3.53. The Balaban J connectivity index is 2.47. The summed E-state index contributed by atoms with van der Waals surface area (Å²) >= 11 is 0. The van der Waals surface area contributed by atoms with Crippen LogP contribution in [0.4, 0.5) is 0 Å². The largest absolute Gasteiger partial charge is 0.494 e. The quantitative estimate of drug-likeness (QED) is 0.682. The van der Waals surface area contributed by atoms with Gasteiger partial charge in [0, 0.05) is 0 Å². The van der Waals surface area contributed by atoms with Crippen molar-refractivity contribution >= 4 is 5.97 Å². The summed E-state index contributed by atoms with van der Waals surface area (Å²) in [5.74, 6) is 0.0586. The first-order valence-corrected chi connectivity index (χ1v) is 7.22. The molecule has 0 fully saturated rings. The molecule has 0 saturated heterocycles. The Morgan fingerprint density at radius 1 is 1.40 bits per heavy atom. The van der Waals surface area contributed by atoms with Crippen molar-refractivity contribution in [1.29, 1.82) is 0 Å². The number of nitrogens with one attached hydrogen (secondary N) is 1. The van der Waals surface area contributed by atoms with E-state index in [0.29, 0.717) is 32.4 Å². The Hall–Kier alpha value is -1.55. The molecule has 0 heterocycles. The van der Waals surface area contributed by atoms with Crippen molar-refractivity contribution in [1.82, 2.24) is 5.32 Å². The zero-order valence-electron chi connectivity index (χ0n) is 12.6. The van der Waals surface area contributed by atoms with Crippen molar-refractivity contribution in [2.45, 2.75) is 45.6 Å². The lowest BCUT2D eigenvalue weighted by atomic mass is 9.90. The molecule has 0 amide bonds. The van der Waals surface area contributed by atoms with Crippen LogP contribution in [0.15, 0.2) is 24.3 Å². The van der Waals surface area contributed by atoms with Gasteiger partial charge in [0.2, 0.25) is 0 Å². The van der Waals surface area contributed by atoms with Gasteiger partial charge < -0.3 is 15.2 Å². The minimum Gasteiger partial charge on any atom is -0.494 e. The van der Waals surface area contributed by atoms with Gasteiger partial charge in [-0.15, -0.1) is 0 Å². The zero-order valence-corrected chi connectivity index (χ0v) is 12.6. The maximum absolute atomic E-state index is 11.4. The molecule has 1 atom stereocenters. The van der Waals surface area contributed by atoms with Crippen molar-refractivity contribution < 1.29 is 14.6 Å². The molecule has 0 aromatic heterocycles. The predicted molar refractivity (Wildman–Crippen MR) is 80.2 cm³/mol. The first kappa shape index (κ1) is 16.5. The number of benzene rings is 1. The van der Waals surface area contributed by atoms with Gasteiger partial charge in [0.05, 0.1) is 6.61 Å². The first-order valence-electron chi connectivity index (χ1n) is 7.22. The van der Waals surface area contributed by atoms with Crippen LogP contribution in [0.2, 0.25) is 0 Å². The van der Waals surface area contributed by atoms with Crippen LogP contribution in [0, 0.1) is 6.92 Å². The number of carboxylic acid groups (broad SMARTS) is 1. The average molecular weight is 279 g/mol. The van der Waals surface area contributed by atoms with Gasteiger partial charge in [-0.3, -0.25) is 4.79 Å². The Bertz CT molecular complexity index is 433. The van der Waals surface area contributed by atoms with E-state index in [0.717, 1.165) is 11.3 Å². The van der Waals surface area contributed by atoms with Crippen LogP contribution in [0.25, 0.3) is 0 Å². The number of aliphatic carboxylic acids is 1. The molecule has 0 saturated carbocycles. The van der Waals surface area contributed by atoms with E-state index in [1.165, 1.54) is 0 Å². The summed E-state index contributed by atoms with van der Waals surface area (Å²) in [6.45, 7) is 7.03. The van der Waals surface area contributed by atoms with E-state index >= 15 is 0 Å². The highest BCUT2D eigenvalue weighted by atomic mass is 16.5. The highest BCUT2D eigenvalue weighted by Crippen LogP contribution is 2.19. The van der Waals surface area contributed by atoms with Crippen LogP contribution in [0.5, 0.6) is 5.75 Å². The summed E-state index contributed by atoms with van der Waals surface area (Å²) in [4.78, 5) is 11.4. The summed E-state index contributed by atoms with van der Waals surface area (Å²) in [6.07, 6.45) is 1.85. The Labute approximate surface area is 121 Å². The van der Waals surface area contributed by atoms with Crippen LogP contribution < -0.4 is 10.1 Å². The number of carboxylic acids is 1. The number of carbonyl (C=O) groups is 1. The minimum absolute atomic E-state index is 0.532. The number of likely N-dealkylation sites (N-methyl/N-ethyl adjacent to an activating group) is 1. The molecule has 4 nitrogen and oxygen atoms in total. The van der Waals surface area contributed by atoms with Gasteiger partial charge >= 0.3 is 5.97 Å². The summed E-state index contributed by atoms with van der Waals surface area (Å²) in [6, 6.07) is 7.87. The Morgan fingerprint density at radius 2 is 2.15 bits per heavy atom. The average Bonchev–Trinajstić information content (AvgIpc) is 2.42. The maximum atomic E-state index is 11.4. The molecule has 1 aromatic rings. The lowest BCUT2D eigenvalue weighted by Gasteiger charge is -2.29. The van der Waals surface area contributed by atoms with Crippen molar-refractivity contribution in [2.75, 3.05) is 13.2 Å². The smallest absolute Gasteiger partial charge is 0.323 e. The van der Waals surface area contributed by atoms with E-state index in [2.05, 4.69) is 5.32 Å². The van der Waals surface area contributed by atoms with E-state index in [9.17, 15) is 9.90 Å². The molecule has 0 aliphatic carbocycles. The van der Waals surface area contributed by atoms with Crippen molar-refractivity contribution in [3.63, 3.8) is 0 Å². The SMILES string of the molecule is CCNC(CC)(CCCOc1cccc(C)c1)C(=O)O. The fourth-order valence-corrected chi connectivity index (χ4v) is 2.33. The van der Waals surface area contributed by atoms with Crippen LogP contribution >= 0.6 is 0 Å². The monoisotopic (exact) mass is 279 g/mol. The number of rotatable bonds is 9. The van der Waals surface area contributed by atoms with Crippen molar-refractivity contribution in [2.24, 2.45) is 0 Å². The molecule has 0 aliphatic heterocycles. The Kier molecular flexibility index (Phi) is 6.52. The molecule has 0 radical (unpaired) electrons. The number of hydrogen-bond acceptors (Lipinski definition) is 3. The van der Waals surface area contributed by atoms with E-state index < -0.39 is 11.5 Å². The molecule has 1 unspecified atom stereocenters. The van der Waals surface area contributed by atoms with Gasteiger partial charge in [-0.2, -0.15) is 0 Å². The van der Waals surface area contributed by atoms with Crippen molar-refractivity contribution in [3.05, 3.63) is 29.8 Å². The first-order chi connectivity index (χ1) is 9.54. The topological polar surface area (TPSA) is 58.6 Å². The van der Waals surface area contributed by atoms with E-state index in [1.54, 1.807) is 0 Å². The molecule has 0 spiro atoms. The van der Waals surface area contributed by atoms with Gasteiger partial charge in [0.15, 0.2) is 0 Å². The molecule has 2 N–H and O–H groups in total. The number of ether oxygens (including phenoxy) is 1.